The minimum absolute atomic E-state index is 0.221. The predicted octanol–water partition coefficient (Wildman–Crippen LogP) is 6.61. The van der Waals surface area contributed by atoms with Gasteiger partial charge in [-0.3, -0.25) is 4.79 Å². The zero-order valence-electron chi connectivity index (χ0n) is 22.9. The van der Waals surface area contributed by atoms with Crippen LogP contribution in [0.4, 0.5) is 0 Å². The van der Waals surface area contributed by atoms with Crippen LogP contribution in [-0.2, 0) is 0 Å². The number of aromatic nitrogens is 5. The number of fused-ring (bicyclic) bond motifs is 1. The lowest BCUT2D eigenvalue weighted by atomic mass is 10.0. The number of aryl methyl sites for hydroxylation is 1. The molecule has 3 heterocycles. The normalized spacial score (nSPS) is 12.1. The Morgan fingerprint density at radius 1 is 1.00 bits per heavy atom. The molecule has 206 valence electrons. The summed E-state index contributed by atoms with van der Waals surface area (Å²) < 4.78 is 9.75. The van der Waals surface area contributed by atoms with Crippen LogP contribution < -0.4 is 14.8 Å². The summed E-state index contributed by atoms with van der Waals surface area (Å²) in [5.74, 6) is 1.94. The Morgan fingerprint density at radius 3 is 2.46 bits per heavy atom. The Kier molecular flexibility index (Phi) is 7.43. The van der Waals surface area contributed by atoms with Gasteiger partial charge >= 0.3 is 0 Å². The molecular weight excluding hydrogens is 554 g/mol. The van der Waals surface area contributed by atoms with Crippen LogP contribution in [0.3, 0.4) is 0 Å². The molecule has 3 aromatic heterocycles. The molecule has 7 nitrogen and oxygen atoms in total. The first-order chi connectivity index (χ1) is 19.9. The average molecular weight is 582 g/mol. The standard InChI is InChI=1S/C32H28ClN5O2S/c1-20(2)15-16-40-27-14-11-23(17-21(27)3)29-24(19-37(35-29)26-7-5-4-6-8-26)18-28-31(39)38-32(41-28)34-30(36-38)22-9-12-25(33)13-10-22/h4-14,17-20H,15-16H2,1-3H3. The quantitative estimate of drug-likeness (QED) is 0.202. The van der Waals surface area contributed by atoms with Crippen molar-refractivity contribution in [2.24, 2.45) is 5.92 Å². The first kappa shape index (κ1) is 26.9. The number of hydrogen-bond acceptors (Lipinski definition) is 6. The highest BCUT2D eigenvalue weighted by molar-refractivity contribution is 7.15. The topological polar surface area (TPSA) is 74.3 Å². The SMILES string of the molecule is Cc1cc(-c2nn(-c3ccccc3)cc2C=c2sc3nc(-c4ccc(Cl)cc4)nn3c2=O)ccc1OCCC(C)C. The smallest absolute Gasteiger partial charge is 0.291 e. The fraction of sp³-hybridized carbons (Fsp3) is 0.188. The molecule has 0 saturated heterocycles. The van der Waals surface area contributed by atoms with E-state index in [1.54, 1.807) is 12.1 Å². The van der Waals surface area contributed by atoms with Crippen molar-refractivity contribution in [2.75, 3.05) is 6.61 Å². The number of para-hydroxylation sites is 1. The van der Waals surface area contributed by atoms with E-state index in [1.165, 1.54) is 15.9 Å². The number of hydrogen-bond donors (Lipinski definition) is 0. The second-order valence-electron chi connectivity index (χ2n) is 10.3. The van der Waals surface area contributed by atoms with Gasteiger partial charge in [0.25, 0.3) is 5.56 Å². The molecule has 6 aromatic rings. The molecule has 0 aliphatic rings. The second-order valence-corrected chi connectivity index (χ2v) is 11.7. The molecular formula is C32H28ClN5O2S. The van der Waals surface area contributed by atoms with Crippen LogP contribution >= 0.6 is 22.9 Å². The average Bonchev–Trinajstić information content (AvgIpc) is 3.65. The van der Waals surface area contributed by atoms with E-state index in [-0.39, 0.29) is 5.56 Å². The second kappa shape index (κ2) is 11.3. The lowest BCUT2D eigenvalue weighted by molar-refractivity contribution is 0.288. The predicted molar refractivity (Wildman–Crippen MR) is 165 cm³/mol. The maximum Gasteiger partial charge on any atom is 0.291 e. The lowest BCUT2D eigenvalue weighted by Crippen LogP contribution is -2.23. The van der Waals surface area contributed by atoms with Crippen molar-refractivity contribution in [3.05, 3.63) is 110 Å². The Bertz CT molecular complexity index is 1940. The van der Waals surface area contributed by atoms with Crippen molar-refractivity contribution < 1.29 is 4.74 Å². The van der Waals surface area contributed by atoms with Gasteiger partial charge in [-0.25, -0.2) is 4.68 Å². The molecule has 0 unspecified atom stereocenters. The Labute approximate surface area is 246 Å². The molecule has 6 rings (SSSR count). The molecule has 0 bridgehead atoms. The van der Waals surface area contributed by atoms with Gasteiger partial charge in [0.05, 0.1) is 16.8 Å². The zero-order valence-corrected chi connectivity index (χ0v) is 24.5. The summed E-state index contributed by atoms with van der Waals surface area (Å²) in [6.45, 7) is 7.10. The summed E-state index contributed by atoms with van der Waals surface area (Å²) in [4.78, 5) is 18.5. The van der Waals surface area contributed by atoms with Gasteiger partial charge in [0.1, 0.15) is 11.4 Å². The first-order valence-electron chi connectivity index (χ1n) is 13.4. The summed E-state index contributed by atoms with van der Waals surface area (Å²) in [6.07, 6.45) is 4.82. The molecule has 0 radical (unpaired) electrons. The van der Waals surface area contributed by atoms with Crippen molar-refractivity contribution in [2.45, 2.75) is 27.2 Å². The van der Waals surface area contributed by atoms with Crippen molar-refractivity contribution >= 4 is 34.0 Å². The first-order valence-corrected chi connectivity index (χ1v) is 14.6. The molecule has 0 saturated carbocycles. The third kappa shape index (κ3) is 5.66. The number of ether oxygens (including phenoxy) is 1. The molecule has 0 amide bonds. The Morgan fingerprint density at radius 2 is 1.76 bits per heavy atom. The Balaban J connectivity index is 1.41. The van der Waals surface area contributed by atoms with Gasteiger partial charge in [0, 0.05) is 27.9 Å². The molecule has 41 heavy (non-hydrogen) atoms. The molecule has 9 heteroatoms. The van der Waals surface area contributed by atoms with Gasteiger partial charge in [0.2, 0.25) is 4.96 Å². The van der Waals surface area contributed by atoms with Crippen molar-refractivity contribution in [1.29, 1.82) is 0 Å². The Hall–Kier alpha value is -4.27. The maximum absolute atomic E-state index is 13.4. The number of halogens is 1. The number of benzene rings is 3. The molecule has 0 atom stereocenters. The van der Waals surface area contributed by atoms with E-state index in [9.17, 15) is 4.79 Å². The fourth-order valence-electron chi connectivity index (χ4n) is 4.49. The van der Waals surface area contributed by atoms with Crippen molar-refractivity contribution in [1.82, 2.24) is 24.4 Å². The highest BCUT2D eigenvalue weighted by atomic mass is 35.5. The van der Waals surface area contributed by atoms with Gasteiger partial charge < -0.3 is 4.74 Å². The van der Waals surface area contributed by atoms with Gasteiger partial charge in [-0.2, -0.15) is 14.6 Å². The molecule has 0 spiro atoms. The third-order valence-electron chi connectivity index (χ3n) is 6.74. The van der Waals surface area contributed by atoms with E-state index in [2.05, 4.69) is 30.0 Å². The molecule has 0 fully saturated rings. The van der Waals surface area contributed by atoms with Crippen LogP contribution in [0.2, 0.25) is 5.02 Å². The highest BCUT2D eigenvalue weighted by Crippen LogP contribution is 2.29. The summed E-state index contributed by atoms with van der Waals surface area (Å²) in [5.41, 5.74) is 5.07. The van der Waals surface area contributed by atoms with Crippen LogP contribution in [0.5, 0.6) is 5.75 Å². The largest absolute Gasteiger partial charge is 0.493 e. The molecule has 0 aliphatic carbocycles. The van der Waals surface area contributed by atoms with Gasteiger partial charge in [-0.05, 0) is 85.5 Å². The van der Waals surface area contributed by atoms with Crippen LogP contribution in [0.1, 0.15) is 31.4 Å². The third-order valence-corrected chi connectivity index (χ3v) is 7.95. The summed E-state index contributed by atoms with van der Waals surface area (Å²) in [6, 6.07) is 23.3. The van der Waals surface area contributed by atoms with E-state index in [4.69, 9.17) is 21.4 Å². The van der Waals surface area contributed by atoms with Crippen molar-refractivity contribution in [3.8, 4) is 34.1 Å². The zero-order chi connectivity index (χ0) is 28.5. The van der Waals surface area contributed by atoms with Crippen LogP contribution in [0.25, 0.3) is 39.4 Å². The fourth-order valence-corrected chi connectivity index (χ4v) is 5.51. The van der Waals surface area contributed by atoms with Crippen LogP contribution in [0, 0.1) is 12.8 Å². The van der Waals surface area contributed by atoms with E-state index in [1.807, 2.05) is 78.5 Å². The molecule has 3 aromatic carbocycles. The molecule has 0 aliphatic heterocycles. The van der Waals surface area contributed by atoms with E-state index < -0.39 is 0 Å². The monoisotopic (exact) mass is 581 g/mol. The van der Waals surface area contributed by atoms with E-state index >= 15 is 0 Å². The van der Waals surface area contributed by atoms with Gasteiger partial charge in [0.15, 0.2) is 5.82 Å². The van der Waals surface area contributed by atoms with Gasteiger partial charge in [-0.1, -0.05) is 55.0 Å². The minimum atomic E-state index is -0.221. The van der Waals surface area contributed by atoms with Crippen molar-refractivity contribution in [3.63, 3.8) is 0 Å². The van der Waals surface area contributed by atoms with Gasteiger partial charge in [-0.15, -0.1) is 5.10 Å². The highest BCUT2D eigenvalue weighted by Gasteiger charge is 2.16. The summed E-state index contributed by atoms with van der Waals surface area (Å²) in [5, 5.41) is 10.0. The number of rotatable bonds is 8. The van der Waals surface area contributed by atoms with Crippen LogP contribution in [0.15, 0.2) is 83.8 Å². The maximum atomic E-state index is 13.4. The summed E-state index contributed by atoms with van der Waals surface area (Å²) >= 11 is 7.31. The lowest BCUT2D eigenvalue weighted by Gasteiger charge is -2.11. The summed E-state index contributed by atoms with van der Waals surface area (Å²) in [7, 11) is 0. The van der Waals surface area contributed by atoms with E-state index in [0.29, 0.717) is 32.9 Å². The van der Waals surface area contributed by atoms with E-state index in [0.717, 1.165) is 45.8 Å². The number of nitrogens with zero attached hydrogens (tertiary/aromatic N) is 5. The molecule has 0 N–H and O–H groups in total. The van der Waals surface area contributed by atoms with Crippen LogP contribution in [-0.4, -0.2) is 31.0 Å². The number of thiazole rings is 1. The minimum Gasteiger partial charge on any atom is -0.493 e.